The molecule has 1 aliphatic heterocycles. The van der Waals surface area contributed by atoms with Crippen molar-refractivity contribution in [3.63, 3.8) is 0 Å². The first kappa shape index (κ1) is 28.7. The summed E-state index contributed by atoms with van der Waals surface area (Å²) in [5.74, 6) is -2.06. The summed E-state index contributed by atoms with van der Waals surface area (Å²) in [4.78, 5) is 26.1. The van der Waals surface area contributed by atoms with Crippen LogP contribution in [0.25, 0.3) is 11.1 Å². The highest BCUT2D eigenvalue weighted by Crippen LogP contribution is 2.41. The van der Waals surface area contributed by atoms with E-state index in [1.165, 1.54) is 12.1 Å². The Hall–Kier alpha value is -4.34. The van der Waals surface area contributed by atoms with Crippen molar-refractivity contribution in [1.82, 2.24) is 10.6 Å². The molecule has 6 nitrogen and oxygen atoms in total. The van der Waals surface area contributed by atoms with E-state index in [0.717, 1.165) is 18.3 Å². The van der Waals surface area contributed by atoms with E-state index in [4.69, 9.17) is 9.47 Å². The Labute approximate surface area is 229 Å². The molecule has 4 bridgehead atoms. The molecule has 0 spiro atoms. The van der Waals surface area contributed by atoms with E-state index in [1.807, 2.05) is 0 Å². The van der Waals surface area contributed by atoms with Crippen LogP contribution in [-0.4, -0.2) is 18.5 Å². The smallest absolute Gasteiger partial charge is 0.416 e. The van der Waals surface area contributed by atoms with Crippen LogP contribution < -0.4 is 15.4 Å². The van der Waals surface area contributed by atoms with Crippen LogP contribution in [0.3, 0.4) is 0 Å². The Bertz CT molecular complexity index is 1470. The predicted molar refractivity (Wildman–Crippen MR) is 141 cm³/mol. The molecule has 1 amide bonds. The fourth-order valence-corrected chi connectivity index (χ4v) is 4.75. The van der Waals surface area contributed by atoms with Gasteiger partial charge in [-0.2, -0.15) is 13.2 Å². The number of halogens is 4. The van der Waals surface area contributed by atoms with Crippen molar-refractivity contribution in [2.24, 2.45) is 0 Å². The van der Waals surface area contributed by atoms with Gasteiger partial charge in [-0.15, -0.1) is 0 Å². The highest BCUT2D eigenvalue weighted by atomic mass is 19.4. The number of carbonyl (C=O) groups excluding carboxylic acids is 2. The minimum Gasteiger partial charge on any atom is -0.466 e. The van der Waals surface area contributed by atoms with Gasteiger partial charge in [0.1, 0.15) is 23.4 Å². The molecule has 1 aliphatic rings. The third-order valence-corrected chi connectivity index (χ3v) is 6.54. The van der Waals surface area contributed by atoms with E-state index in [2.05, 4.69) is 17.2 Å². The van der Waals surface area contributed by atoms with Gasteiger partial charge < -0.3 is 20.1 Å². The molecule has 1 heterocycles. The molecule has 4 rings (SSSR count). The maximum Gasteiger partial charge on any atom is 0.416 e. The number of esters is 1. The van der Waals surface area contributed by atoms with Gasteiger partial charge in [-0.1, -0.05) is 18.7 Å². The zero-order valence-electron chi connectivity index (χ0n) is 22.1. The van der Waals surface area contributed by atoms with Gasteiger partial charge in [-0.05, 0) is 85.6 Å². The Morgan fingerprint density at radius 2 is 1.90 bits per heavy atom. The van der Waals surface area contributed by atoms with Crippen LogP contribution in [0.2, 0.25) is 0 Å². The number of aryl methyl sites for hydroxylation is 2. The standard InChI is InChI=1S/C30H28F4N2O4/c1-5-35-28-19-11-20(30(32,33)34)14-21(12-19)40-24-9-7-8-16(3)26(24)18-10-17(4)27(31)22(13-18)23(36-29(28)38)15-25(37)39-6-2/h5,7-14,23,28,35H,1,6,15H2,2-4H3,(H,36,38)/t23-,28-/m0/s1. The first-order valence-corrected chi connectivity index (χ1v) is 12.6. The van der Waals surface area contributed by atoms with Crippen molar-refractivity contribution in [1.29, 1.82) is 0 Å². The zero-order valence-corrected chi connectivity index (χ0v) is 22.1. The van der Waals surface area contributed by atoms with Crippen LogP contribution in [0.1, 0.15) is 53.2 Å². The molecule has 0 fully saturated rings. The van der Waals surface area contributed by atoms with Gasteiger partial charge in [0.2, 0.25) is 5.91 Å². The Kier molecular flexibility index (Phi) is 8.18. The Morgan fingerprint density at radius 1 is 1.15 bits per heavy atom. The molecule has 3 aromatic carbocycles. The second-order valence-electron chi connectivity index (χ2n) is 9.41. The molecule has 210 valence electrons. The fraction of sp³-hybridized carbons (Fsp3) is 0.267. The maximum atomic E-state index is 15.6. The van der Waals surface area contributed by atoms with Crippen molar-refractivity contribution < 1.29 is 36.6 Å². The number of ether oxygens (including phenoxy) is 2. The average molecular weight is 557 g/mol. The Balaban J connectivity index is 2.03. The van der Waals surface area contributed by atoms with Crippen molar-refractivity contribution in [2.45, 2.75) is 45.5 Å². The summed E-state index contributed by atoms with van der Waals surface area (Å²) < 4.78 is 68.5. The average Bonchev–Trinajstić information content (AvgIpc) is 2.88. The molecule has 10 heteroatoms. The minimum absolute atomic E-state index is 0.0184. The van der Waals surface area contributed by atoms with E-state index in [-0.39, 0.29) is 34.8 Å². The van der Waals surface area contributed by atoms with Gasteiger partial charge in [0.15, 0.2) is 0 Å². The van der Waals surface area contributed by atoms with Crippen LogP contribution >= 0.6 is 0 Å². The number of benzene rings is 3. The lowest BCUT2D eigenvalue weighted by Gasteiger charge is -2.25. The molecule has 0 radical (unpaired) electrons. The largest absolute Gasteiger partial charge is 0.466 e. The molecule has 0 aliphatic carbocycles. The third-order valence-electron chi connectivity index (χ3n) is 6.54. The molecule has 40 heavy (non-hydrogen) atoms. The normalized spacial score (nSPS) is 16.7. The summed E-state index contributed by atoms with van der Waals surface area (Å²) in [6.45, 7) is 8.56. The lowest BCUT2D eigenvalue weighted by molar-refractivity contribution is -0.144. The quantitative estimate of drug-likeness (QED) is 0.267. The van der Waals surface area contributed by atoms with Crippen molar-refractivity contribution >= 4 is 11.9 Å². The van der Waals surface area contributed by atoms with Crippen LogP contribution in [-0.2, 0) is 20.5 Å². The first-order valence-electron chi connectivity index (χ1n) is 12.6. The second-order valence-corrected chi connectivity index (χ2v) is 9.41. The number of amides is 1. The molecule has 0 unspecified atom stereocenters. The lowest BCUT2D eigenvalue weighted by atomic mass is 9.92. The van der Waals surface area contributed by atoms with Gasteiger partial charge in [0, 0.05) is 11.1 Å². The highest BCUT2D eigenvalue weighted by Gasteiger charge is 2.34. The lowest BCUT2D eigenvalue weighted by Crippen LogP contribution is -2.39. The summed E-state index contributed by atoms with van der Waals surface area (Å²) >= 11 is 0. The van der Waals surface area contributed by atoms with Gasteiger partial charge in [-0.3, -0.25) is 9.59 Å². The number of alkyl halides is 3. The van der Waals surface area contributed by atoms with Crippen molar-refractivity contribution in [2.75, 3.05) is 6.61 Å². The van der Waals surface area contributed by atoms with E-state index >= 15 is 4.39 Å². The van der Waals surface area contributed by atoms with Gasteiger partial charge in [0.25, 0.3) is 0 Å². The topological polar surface area (TPSA) is 76.7 Å². The minimum atomic E-state index is -4.74. The molecule has 0 aromatic heterocycles. The van der Waals surface area contributed by atoms with E-state index in [1.54, 1.807) is 45.0 Å². The summed E-state index contributed by atoms with van der Waals surface area (Å²) in [5, 5.41) is 5.32. The summed E-state index contributed by atoms with van der Waals surface area (Å²) in [6.07, 6.45) is -4.00. The number of rotatable bonds is 5. The number of nitrogens with one attached hydrogen (secondary N) is 2. The zero-order chi connectivity index (χ0) is 29.2. The summed E-state index contributed by atoms with van der Waals surface area (Å²) in [5.41, 5.74) is 0.885. The highest BCUT2D eigenvalue weighted by molar-refractivity contribution is 5.85. The SMILES string of the molecule is C=CN[C@@H]1C(=O)N[C@@H](CC(=O)OCC)c2cc(cc(C)c2F)-c2c(C)cccc2Oc2cc1cc(C(F)(F)F)c2. The van der Waals surface area contributed by atoms with Crippen LogP contribution in [0.4, 0.5) is 17.6 Å². The maximum absolute atomic E-state index is 15.6. The molecule has 3 aromatic rings. The predicted octanol–water partition coefficient (Wildman–Crippen LogP) is 6.82. The molecular weight excluding hydrogens is 528 g/mol. The van der Waals surface area contributed by atoms with Crippen LogP contribution in [0.5, 0.6) is 11.5 Å². The molecular formula is C30H28F4N2O4. The van der Waals surface area contributed by atoms with Crippen molar-refractivity contribution in [3.8, 4) is 22.6 Å². The van der Waals surface area contributed by atoms with Crippen LogP contribution in [0, 0.1) is 19.7 Å². The second kappa shape index (κ2) is 11.4. The number of carbonyl (C=O) groups is 2. The van der Waals surface area contributed by atoms with Gasteiger partial charge in [-0.25, -0.2) is 4.39 Å². The number of hydrogen-bond acceptors (Lipinski definition) is 5. The molecule has 2 N–H and O–H groups in total. The summed E-state index contributed by atoms with van der Waals surface area (Å²) in [7, 11) is 0. The molecule has 2 atom stereocenters. The number of fused-ring (bicyclic) bond motifs is 6. The Morgan fingerprint density at radius 3 is 2.58 bits per heavy atom. The summed E-state index contributed by atoms with van der Waals surface area (Å²) in [6, 6.07) is 8.59. The first-order chi connectivity index (χ1) is 18.9. The van der Waals surface area contributed by atoms with Crippen LogP contribution in [0.15, 0.2) is 61.3 Å². The third kappa shape index (κ3) is 5.95. The van der Waals surface area contributed by atoms with Gasteiger partial charge >= 0.3 is 12.1 Å². The fourth-order valence-electron chi connectivity index (χ4n) is 4.75. The van der Waals surface area contributed by atoms with E-state index < -0.39 is 47.9 Å². The van der Waals surface area contributed by atoms with E-state index in [9.17, 15) is 22.8 Å². The monoisotopic (exact) mass is 556 g/mol. The van der Waals surface area contributed by atoms with Crippen molar-refractivity contribution in [3.05, 3.63) is 94.9 Å². The van der Waals surface area contributed by atoms with Gasteiger partial charge in [0.05, 0.1) is 24.6 Å². The molecule has 0 saturated heterocycles. The van der Waals surface area contributed by atoms with E-state index in [0.29, 0.717) is 16.7 Å². The molecule has 0 saturated carbocycles. The number of hydrogen-bond donors (Lipinski definition) is 2.